The van der Waals surface area contributed by atoms with Gasteiger partial charge in [-0.05, 0) is 25.7 Å². The average molecular weight is 298 g/mol. The molecule has 0 aromatic heterocycles. The third kappa shape index (κ3) is 5.62. The summed E-state index contributed by atoms with van der Waals surface area (Å²) < 4.78 is 0. The van der Waals surface area contributed by atoms with Gasteiger partial charge in [-0.2, -0.15) is 0 Å². The Labute approximate surface area is 124 Å². The Hall–Kier alpha value is 0.460. The fourth-order valence-electron chi connectivity index (χ4n) is 2.90. The fourth-order valence-corrected chi connectivity index (χ4v) is 2.90. The largest absolute Gasteiger partial charge is 0.314 e. The zero-order valence-corrected chi connectivity index (χ0v) is 13.4. The molecular formula is C13H29Cl2N3. The molecule has 2 rings (SSSR count). The van der Waals surface area contributed by atoms with Gasteiger partial charge in [-0.15, -0.1) is 24.8 Å². The number of nitrogens with one attached hydrogen (secondary N) is 1. The summed E-state index contributed by atoms with van der Waals surface area (Å²) in [5, 5.41) is 3.41. The van der Waals surface area contributed by atoms with Crippen molar-refractivity contribution in [1.29, 1.82) is 0 Å². The van der Waals surface area contributed by atoms with Crippen molar-refractivity contribution in [2.45, 2.75) is 32.7 Å². The summed E-state index contributed by atoms with van der Waals surface area (Å²) in [6.45, 7) is 13.4. The molecule has 0 amide bonds. The van der Waals surface area contributed by atoms with Crippen molar-refractivity contribution in [3.8, 4) is 0 Å². The van der Waals surface area contributed by atoms with Gasteiger partial charge in [-0.25, -0.2) is 0 Å². The predicted molar refractivity (Wildman–Crippen MR) is 83.2 cm³/mol. The first-order valence-electron chi connectivity index (χ1n) is 6.93. The molecule has 0 aromatic carbocycles. The van der Waals surface area contributed by atoms with Crippen LogP contribution in [0.2, 0.25) is 0 Å². The molecular weight excluding hydrogens is 269 g/mol. The van der Waals surface area contributed by atoms with E-state index in [0.717, 1.165) is 12.0 Å². The van der Waals surface area contributed by atoms with E-state index in [4.69, 9.17) is 0 Å². The molecule has 18 heavy (non-hydrogen) atoms. The highest BCUT2D eigenvalue weighted by Crippen LogP contribution is 2.20. The Kier molecular flexibility index (Phi) is 9.62. The summed E-state index contributed by atoms with van der Waals surface area (Å²) in [6, 6.07) is 0.805. The van der Waals surface area contributed by atoms with Crippen LogP contribution in [-0.2, 0) is 0 Å². The molecule has 2 fully saturated rings. The Morgan fingerprint density at radius 1 is 1.00 bits per heavy atom. The number of likely N-dealkylation sites (tertiary alicyclic amines) is 1. The van der Waals surface area contributed by atoms with Crippen LogP contribution in [0.1, 0.15) is 26.7 Å². The Balaban J connectivity index is 0.00000144. The molecule has 3 nitrogen and oxygen atoms in total. The Morgan fingerprint density at radius 3 is 2.33 bits per heavy atom. The van der Waals surface area contributed by atoms with Crippen molar-refractivity contribution in [1.82, 2.24) is 15.1 Å². The van der Waals surface area contributed by atoms with Gasteiger partial charge in [-0.1, -0.05) is 6.92 Å². The van der Waals surface area contributed by atoms with Crippen LogP contribution in [0.25, 0.3) is 0 Å². The van der Waals surface area contributed by atoms with Crippen molar-refractivity contribution in [2.24, 2.45) is 5.92 Å². The number of piperazine rings is 1. The lowest BCUT2D eigenvalue weighted by molar-refractivity contribution is 0.104. The van der Waals surface area contributed by atoms with Gasteiger partial charge in [0.15, 0.2) is 0 Å². The molecule has 0 aromatic rings. The molecule has 1 N–H and O–H groups in total. The van der Waals surface area contributed by atoms with Crippen LogP contribution in [0.15, 0.2) is 0 Å². The van der Waals surface area contributed by atoms with Gasteiger partial charge in [-0.3, -0.25) is 9.80 Å². The second-order valence-corrected chi connectivity index (χ2v) is 5.62. The maximum absolute atomic E-state index is 3.41. The minimum atomic E-state index is 0. The first-order valence-corrected chi connectivity index (χ1v) is 6.93. The molecule has 2 saturated heterocycles. The van der Waals surface area contributed by atoms with E-state index in [0.29, 0.717) is 0 Å². The minimum Gasteiger partial charge on any atom is -0.314 e. The van der Waals surface area contributed by atoms with Crippen LogP contribution >= 0.6 is 24.8 Å². The monoisotopic (exact) mass is 297 g/mol. The Morgan fingerprint density at radius 2 is 1.67 bits per heavy atom. The molecule has 0 aliphatic carbocycles. The molecule has 0 bridgehead atoms. The number of halogens is 2. The van der Waals surface area contributed by atoms with E-state index >= 15 is 0 Å². The van der Waals surface area contributed by atoms with Crippen molar-refractivity contribution in [3.05, 3.63) is 0 Å². The highest BCUT2D eigenvalue weighted by molar-refractivity contribution is 5.85. The molecule has 5 heteroatoms. The lowest BCUT2D eigenvalue weighted by atomic mass is 9.95. The van der Waals surface area contributed by atoms with Gasteiger partial charge in [0.2, 0.25) is 0 Å². The third-order valence-electron chi connectivity index (χ3n) is 4.16. The summed E-state index contributed by atoms with van der Waals surface area (Å²) in [5.74, 6) is 0.902. The summed E-state index contributed by atoms with van der Waals surface area (Å²) in [5.41, 5.74) is 0. The highest BCUT2D eigenvalue weighted by atomic mass is 35.5. The van der Waals surface area contributed by atoms with Crippen LogP contribution in [0, 0.1) is 5.92 Å². The second-order valence-electron chi connectivity index (χ2n) is 5.62. The molecule has 0 saturated carbocycles. The second kappa shape index (κ2) is 9.38. The lowest BCUT2D eigenvalue weighted by Crippen LogP contribution is -2.49. The normalized spacial score (nSPS) is 30.3. The van der Waals surface area contributed by atoms with Gasteiger partial charge in [0.1, 0.15) is 0 Å². The van der Waals surface area contributed by atoms with Gasteiger partial charge in [0, 0.05) is 51.9 Å². The summed E-state index contributed by atoms with van der Waals surface area (Å²) in [6.07, 6.45) is 2.81. The zero-order chi connectivity index (χ0) is 11.4. The molecule has 2 aliphatic rings. The fraction of sp³-hybridized carbons (Fsp3) is 1.00. The molecule has 0 spiro atoms. The van der Waals surface area contributed by atoms with Crippen molar-refractivity contribution in [3.63, 3.8) is 0 Å². The van der Waals surface area contributed by atoms with Crippen molar-refractivity contribution in [2.75, 3.05) is 45.8 Å². The maximum Gasteiger partial charge on any atom is 0.0112 e. The van der Waals surface area contributed by atoms with Gasteiger partial charge < -0.3 is 5.32 Å². The van der Waals surface area contributed by atoms with E-state index in [1.165, 1.54) is 58.7 Å². The van der Waals surface area contributed by atoms with Gasteiger partial charge in [0.25, 0.3) is 0 Å². The smallest absolute Gasteiger partial charge is 0.0112 e. The number of piperidine rings is 1. The summed E-state index contributed by atoms with van der Waals surface area (Å²) in [4.78, 5) is 5.29. The van der Waals surface area contributed by atoms with Crippen molar-refractivity contribution < 1.29 is 0 Å². The molecule has 2 unspecified atom stereocenters. The first kappa shape index (κ1) is 18.5. The van der Waals surface area contributed by atoms with E-state index in [1.807, 2.05) is 0 Å². The van der Waals surface area contributed by atoms with Crippen LogP contribution in [-0.4, -0.2) is 61.7 Å². The highest BCUT2D eigenvalue weighted by Gasteiger charge is 2.23. The van der Waals surface area contributed by atoms with Crippen LogP contribution in [0.3, 0.4) is 0 Å². The van der Waals surface area contributed by atoms with Gasteiger partial charge in [0.05, 0.1) is 0 Å². The van der Waals surface area contributed by atoms with Crippen molar-refractivity contribution >= 4 is 24.8 Å². The van der Waals surface area contributed by atoms with E-state index in [-0.39, 0.29) is 24.8 Å². The van der Waals surface area contributed by atoms with Gasteiger partial charge >= 0.3 is 0 Å². The molecule has 2 heterocycles. The third-order valence-corrected chi connectivity index (χ3v) is 4.16. The number of nitrogens with zero attached hydrogens (tertiary/aromatic N) is 2. The standard InChI is InChI=1S/C13H27N3.2ClH/c1-12-3-4-13(2)16(11-12)10-9-15-7-5-14-6-8-15;;/h12-14H,3-11H2,1-2H3;2*1H. The van der Waals surface area contributed by atoms with E-state index < -0.39 is 0 Å². The van der Waals surface area contributed by atoms with E-state index in [2.05, 4.69) is 29.0 Å². The summed E-state index contributed by atoms with van der Waals surface area (Å²) >= 11 is 0. The predicted octanol–water partition coefficient (Wildman–Crippen LogP) is 1.86. The number of hydrogen-bond donors (Lipinski definition) is 1. The van der Waals surface area contributed by atoms with E-state index in [1.54, 1.807) is 0 Å². The van der Waals surface area contributed by atoms with Crippen LogP contribution in [0.4, 0.5) is 0 Å². The number of hydrogen-bond acceptors (Lipinski definition) is 3. The molecule has 0 radical (unpaired) electrons. The zero-order valence-electron chi connectivity index (χ0n) is 11.7. The lowest BCUT2D eigenvalue weighted by Gasteiger charge is -2.38. The Bertz CT molecular complexity index is 210. The molecule has 2 atom stereocenters. The van der Waals surface area contributed by atoms with E-state index in [9.17, 15) is 0 Å². The maximum atomic E-state index is 3.41. The van der Waals surface area contributed by atoms with Crippen LogP contribution in [0.5, 0.6) is 0 Å². The molecule has 110 valence electrons. The quantitative estimate of drug-likeness (QED) is 0.858. The van der Waals surface area contributed by atoms with Crippen LogP contribution < -0.4 is 5.32 Å². The minimum absolute atomic E-state index is 0. The summed E-state index contributed by atoms with van der Waals surface area (Å²) in [7, 11) is 0. The SMILES string of the molecule is CC1CCC(C)N(CCN2CCNCC2)C1.Cl.Cl. The number of rotatable bonds is 3. The topological polar surface area (TPSA) is 18.5 Å². The molecule has 2 aliphatic heterocycles. The average Bonchev–Trinajstić information content (AvgIpc) is 2.32. The first-order chi connectivity index (χ1) is 7.75.